The van der Waals surface area contributed by atoms with E-state index in [1.54, 1.807) is 12.1 Å². The van der Waals surface area contributed by atoms with E-state index in [0.717, 1.165) is 55.2 Å². The number of nitrogens with zero attached hydrogens (tertiary/aromatic N) is 2. The smallest absolute Gasteiger partial charge is 0.286 e. The van der Waals surface area contributed by atoms with Gasteiger partial charge in [0.1, 0.15) is 15.7 Å². The number of halogens is 1. The van der Waals surface area contributed by atoms with Gasteiger partial charge in [0, 0.05) is 34.8 Å². The molecule has 0 saturated heterocycles. The van der Waals surface area contributed by atoms with Gasteiger partial charge in [-0.05, 0) is 104 Å². The predicted molar refractivity (Wildman–Crippen MR) is 169 cm³/mol. The largest absolute Gasteiger partial charge is 0.490 e. The Kier molecular flexibility index (Phi) is 8.98. The molecule has 41 heavy (non-hydrogen) atoms. The lowest BCUT2D eigenvalue weighted by Crippen LogP contribution is -2.48. The zero-order valence-corrected chi connectivity index (χ0v) is 25.6. The molecule has 1 saturated carbocycles. The number of benzene rings is 2. The highest BCUT2D eigenvalue weighted by atomic mass is 35.5. The minimum absolute atomic E-state index is 0.0212. The highest BCUT2D eigenvalue weighted by Gasteiger charge is 2.43. The van der Waals surface area contributed by atoms with Crippen LogP contribution in [-0.4, -0.2) is 35.6 Å². The lowest BCUT2D eigenvalue weighted by Gasteiger charge is -2.44. The number of fused-ring (bicyclic) bond motifs is 3. The van der Waals surface area contributed by atoms with Crippen LogP contribution in [0.15, 0.2) is 66.1 Å². The molecule has 0 aromatic heterocycles. The van der Waals surface area contributed by atoms with Crippen molar-refractivity contribution in [2.45, 2.75) is 57.3 Å². The standard InChI is InChI=1S/C33H42ClN3O3S/c1-4-7-23(3)20-41(35,39)36-32(38)26-12-15-31-30(18-26)37(19-27-11-10-24(27)8-5-2)21-33(22-40-31)16-6-9-25-17-28(34)13-14-29(25)33/h4-5,12-15,17-18,23-24,27H,1-2,6-11,16,19-22H2,3H3,(H2,35,36,38,39)/t23-,24+,27-,33-,41?/m0/s1. The summed E-state index contributed by atoms with van der Waals surface area (Å²) in [7, 11) is -3.17. The van der Waals surface area contributed by atoms with Crippen LogP contribution in [0, 0.1) is 17.8 Å². The highest BCUT2D eigenvalue weighted by Crippen LogP contribution is 2.46. The summed E-state index contributed by atoms with van der Waals surface area (Å²) in [5, 5.41) is 6.78. The summed E-state index contributed by atoms with van der Waals surface area (Å²) in [6.07, 6.45) is 11.0. The number of aryl methyl sites for hydroxylation is 1. The first kappa shape index (κ1) is 29.9. The number of nitrogens with two attached hydrogens (primary N) is 1. The summed E-state index contributed by atoms with van der Waals surface area (Å²) < 4.78 is 23.6. The molecule has 5 atom stereocenters. The third-order valence-electron chi connectivity index (χ3n) is 9.11. The summed E-state index contributed by atoms with van der Waals surface area (Å²) in [6, 6.07) is 11.7. The van der Waals surface area contributed by atoms with Crippen LogP contribution in [0.25, 0.3) is 0 Å². The molecule has 8 heteroatoms. The Balaban J connectivity index is 1.50. The van der Waals surface area contributed by atoms with E-state index in [-0.39, 0.29) is 17.1 Å². The number of ether oxygens (including phenoxy) is 1. The van der Waals surface area contributed by atoms with Crippen LogP contribution in [0.4, 0.5) is 5.69 Å². The molecule has 1 unspecified atom stereocenters. The van der Waals surface area contributed by atoms with E-state index in [4.69, 9.17) is 21.5 Å². The summed E-state index contributed by atoms with van der Waals surface area (Å²) in [5.74, 6) is 1.52. The molecule has 6 nitrogen and oxygen atoms in total. The molecular formula is C33H42ClN3O3S. The third kappa shape index (κ3) is 6.58. The number of rotatable bonds is 9. The van der Waals surface area contributed by atoms with E-state index in [1.807, 2.05) is 31.2 Å². The molecule has 0 radical (unpaired) electrons. The van der Waals surface area contributed by atoms with Crippen molar-refractivity contribution in [2.75, 3.05) is 30.3 Å². The molecule has 2 N–H and O–H groups in total. The molecule has 1 fully saturated rings. The topological polar surface area (TPSA) is 85.0 Å². The Labute approximate surface area is 250 Å². The van der Waals surface area contributed by atoms with E-state index in [2.05, 4.69) is 34.6 Å². The summed E-state index contributed by atoms with van der Waals surface area (Å²) in [4.78, 5) is 15.7. The molecule has 1 heterocycles. The van der Waals surface area contributed by atoms with Crippen molar-refractivity contribution in [1.82, 2.24) is 0 Å². The first-order chi connectivity index (χ1) is 19.6. The van der Waals surface area contributed by atoms with Crippen molar-refractivity contribution in [3.63, 3.8) is 0 Å². The molecule has 5 rings (SSSR count). The van der Waals surface area contributed by atoms with Gasteiger partial charge in [0.2, 0.25) is 0 Å². The molecule has 2 aromatic carbocycles. The van der Waals surface area contributed by atoms with Crippen molar-refractivity contribution in [3.05, 3.63) is 83.4 Å². The molecule has 1 amide bonds. The van der Waals surface area contributed by atoms with Gasteiger partial charge < -0.3 is 9.64 Å². The Morgan fingerprint density at radius 1 is 1.24 bits per heavy atom. The summed E-state index contributed by atoms with van der Waals surface area (Å²) >= 11 is 6.39. The number of hydrogen-bond donors (Lipinski definition) is 1. The van der Waals surface area contributed by atoms with Gasteiger partial charge in [-0.3, -0.25) is 4.79 Å². The van der Waals surface area contributed by atoms with Crippen LogP contribution >= 0.6 is 11.6 Å². The second-order valence-corrected chi connectivity index (χ2v) is 14.6. The van der Waals surface area contributed by atoms with Crippen molar-refractivity contribution in [2.24, 2.45) is 27.3 Å². The maximum Gasteiger partial charge on any atom is 0.286 e. The Bertz CT molecular complexity index is 1450. The van der Waals surface area contributed by atoms with E-state index in [1.165, 1.54) is 24.0 Å². The maximum absolute atomic E-state index is 13.3. The van der Waals surface area contributed by atoms with Gasteiger partial charge in [0.15, 0.2) is 0 Å². The lowest BCUT2D eigenvalue weighted by atomic mass is 9.69. The van der Waals surface area contributed by atoms with Gasteiger partial charge in [-0.2, -0.15) is 0 Å². The molecule has 2 aliphatic carbocycles. The molecule has 1 aliphatic heterocycles. The fourth-order valence-corrected chi connectivity index (χ4v) is 8.53. The Morgan fingerprint density at radius 3 is 2.78 bits per heavy atom. The number of carbonyl (C=O) groups excluding carboxylic acids is 1. The van der Waals surface area contributed by atoms with Gasteiger partial charge in [0.05, 0.1) is 12.3 Å². The second kappa shape index (κ2) is 12.3. The Hall–Kier alpha value is -2.61. The first-order valence-electron chi connectivity index (χ1n) is 14.7. The molecule has 220 valence electrons. The van der Waals surface area contributed by atoms with Crippen LogP contribution in [0.1, 0.15) is 66.9 Å². The van der Waals surface area contributed by atoms with Crippen molar-refractivity contribution < 1.29 is 13.7 Å². The minimum Gasteiger partial charge on any atom is -0.490 e. The SMILES string of the molecule is C=CC[C@H](C)CS(N)(=O)=NC(=O)c1ccc2c(c1)N(C[C@@H]1CC[C@H]1CC=C)C[C@@]1(CCCc3cc(Cl)ccc31)CO2. The van der Waals surface area contributed by atoms with Crippen molar-refractivity contribution in [1.29, 1.82) is 0 Å². The minimum atomic E-state index is -3.17. The lowest BCUT2D eigenvalue weighted by molar-refractivity contribution is 0.100. The average molecular weight is 596 g/mol. The first-order valence-corrected chi connectivity index (χ1v) is 16.8. The summed E-state index contributed by atoms with van der Waals surface area (Å²) in [6.45, 7) is 11.9. The van der Waals surface area contributed by atoms with Crippen molar-refractivity contribution >= 4 is 33.1 Å². The normalized spacial score (nSPS) is 25.4. The molecule has 2 aromatic rings. The molecule has 3 aliphatic rings. The van der Waals surface area contributed by atoms with E-state index in [9.17, 15) is 9.00 Å². The monoisotopic (exact) mass is 595 g/mol. The molecule has 0 bridgehead atoms. The van der Waals surface area contributed by atoms with Crippen LogP contribution in [0.5, 0.6) is 5.75 Å². The van der Waals surface area contributed by atoms with Crippen LogP contribution in [-0.2, 0) is 21.8 Å². The fraction of sp³-hybridized carbons (Fsp3) is 0.485. The van der Waals surface area contributed by atoms with E-state index < -0.39 is 15.8 Å². The van der Waals surface area contributed by atoms with E-state index in [0.29, 0.717) is 30.4 Å². The Morgan fingerprint density at radius 2 is 2.05 bits per heavy atom. The van der Waals surface area contributed by atoms with Crippen molar-refractivity contribution in [3.8, 4) is 5.75 Å². The third-order valence-corrected chi connectivity index (χ3v) is 10.9. The van der Waals surface area contributed by atoms with Gasteiger partial charge >= 0.3 is 0 Å². The van der Waals surface area contributed by atoms with Crippen LogP contribution < -0.4 is 14.8 Å². The number of anilines is 1. The molecular weight excluding hydrogens is 554 g/mol. The number of carbonyl (C=O) groups is 1. The summed E-state index contributed by atoms with van der Waals surface area (Å²) in [5.41, 5.74) is 3.68. The van der Waals surface area contributed by atoms with Crippen LogP contribution in [0.3, 0.4) is 0 Å². The zero-order chi connectivity index (χ0) is 29.2. The maximum atomic E-state index is 13.3. The van der Waals surface area contributed by atoms with Gasteiger partial charge in [-0.1, -0.05) is 36.7 Å². The van der Waals surface area contributed by atoms with E-state index >= 15 is 0 Å². The fourth-order valence-electron chi connectivity index (χ4n) is 6.92. The quantitative estimate of drug-likeness (QED) is 0.313. The predicted octanol–water partition coefficient (Wildman–Crippen LogP) is 7.11. The van der Waals surface area contributed by atoms with Crippen LogP contribution in [0.2, 0.25) is 5.02 Å². The van der Waals surface area contributed by atoms with Gasteiger partial charge in [-0.15, -0.1) is 17.5 Å². The number of amides is 1. The van der Waals surface area contributed by atoms with Gasteiger partial charge in [-0.25, -0.2) is 9.35 Å². The highest BCUT2D eigenvalue weighted by molar-refractivity contribution is 7.91. The zero-order valence-electron chi connectivity index (χ0n) is 24.0. The average Bonchev–Trinajstić information content (AvgIpc) is 3.06. The second-order valence-electron chi connectivity index (χ2n) is 12.3. The molecule has 1 spiro atoms. The number of hydrogen-bond acceptors (Lipinski definition) is 4. The van der Waals surface area contributed by atoms with Gasteiger partial charge in [0.25, 0.3) is 5.91 Å². The number of allylic oxidation sites excluding steroid dienone is 2.